The molecule has 1 aromatic heterocycles. The van der Waals surface area contributed by atoms with Crippen LogP contribution in [0.1, 0.15) is 10.5 Å². The lowest BCUT2D eigenvalue weighted by atomic mass is 10.0. The van der Waals surface area contributed by atoms with Gasteiger partial charge in [-0.3, -0.25) is 4.79 Å². The second-order valence-corrected chi connectivity index (χ2v) is 4.35. The summed E-state index contributed by atoms with van der Waals surface area (Å²) in [6, 6.07) is 4.36. The molecule has 2 aromatic rings. The SMILES string of the molecule is CNC(=O)c1nc(Cl)cc(-c2ccc(F)cc2F)c1N. The number of halogens is 3. The van der Waals surface area contributed by atoms with E-state index in [0.29, 0.717) is 0 Å². The fourth-order valence-corrected chi connectivity index (χ4v) is 1.94. The Balaban J connectivity index is 2.68. The number of benzene rings is 1. The number of rotatable bonds is 2. The summed E-state index contributed by atoms with van der Waals surface area (Å²) in [5, 5.41) is 2.34. The van der Waals surface area contributed by atoms with Crippen LogP contribution in [0.25, 0.3) is 11.1 Å². The zero-order valence-electron chi connectivity index (χ0n) is 10.4. The Kier molecular flexibility index (Phi) is 3.85. The van der Waals surface area contributed by atoms with E-state index in [0.717, 1.165) is 12.1 Å². The number of anilines is 1. The third-order valence-electron chi connectivity index (χ3n) is 2.69. The topological polar surface area (TPSA) is 68.0 Å². The van der Waals surface area contributed by atoms with Crippen LogP contribution in [-0.4, -0.2) is 17.9 Å². The van der Waals surface area contributed by atoms with Crippen molar-refractivity contribution in [2.24, 2.45) is 0 Å². The molecule has 0 atom stereocenters. The Morgan fingerprint density at radius 2 is 2.00 bits per heavy atom. The third-order valence-corrected chi connectivity index (χ3v) is 2.88. The molecule has 20 heavy (non-hydrogen) atoms. The van der Waals surface area contributed by atoms with Crippen molar-refractivity contribution < 1.29 is 13.6 Å². The number of nitrogens with one attached hydrogen (secondary N) is 1. The van der Waals surface area contributed by atoms with Gasteiger partial charge in [-0.15, -0.1) is 0 Å². The highest BCUT2D eigenvalue weighted by atomic mass is 35.5. The van der Waals surface area contributed by atoms with Crippen LogP contribution in [0, 0.1) is 11.6 Å². The molecule has 1 heterocycles. The average Bonchev–Trinajstić information content (AvgIpc) is 2.40. The number of hydrogen-bond acceptors (Lipinski definition) is 3. The molecule has 1 amide bonds. The van der Waals surface area contributed by atoms with Crippen LogP contribution in [0.3, 0.4) is 0 Å². The number of amides is 1. The molecular formula is C13H10ClF2N3O. The van der Waals surface area contributed by atoms with Crippen molar-refractivity contribution in [3.05, 3.63) is 46.7 Å². The molecule has 0 saturated carbocycles. The molecule has 0 radical (unpaired) electrons. The predicted octanol–water partition coefficient (Wildman–Crippen LogP) is 2.62. The zero-order chi connectivity index (χ0) is 14.9. The lowest BCUT2D eigenvalue weighted by molar-refractivity contribution is 0.0959. The van der Waals surface area contributed by atoms with E-state index in [2.05, 4.69) is 10.3 Å². The fraction of sp³-hybridized carbons (Fsp3) is 0.0769. The van der Waals surface area contributed by atoms with E-state index in [1.807, 2.05) is 0 Å². The van der Waals surface area contributed by atoms with E-state index in [1.54, 1.807) is 0 Å². The molecule has 0 fully saturated rings. The van der Waals surface area contributed by atoms with E-state index < -0.39 is 17.5 Å². The second kappa shape index (κ2) is 5.42. The molecule has 0 unspecified atom stereocenters. The summed E-state index contributed by atoms with van der Waals surface area (Å²) < 4.78 is 26.7. The Labute approximate surface area is 118 Å². The van der Waals surface area contributed by atoms with Gasteiger partial charge in [0, 0.05) is 24.2 Å². The maximum Gasteiger partial charge on any atom is 0.271 e. The summed E-state index contributed by atoms with van der Waals surface area (Å²) in [6.07, 6.45) is 0. The van der Waals surface area contributed by atoms with E-state index in [1.165, 1.54) is 19.2 Å². The minimum Gasteiger partial charge on any atom is -0.396 e. The van der Waals surface area contributed by atoms with Crippen LogP contribution in [0.5, 0.6) is 0 Å². The minimum absolute atomic E-state index is 0.0171. The van der Waals surface area contributed by atoms with Gasteiger partial charge in [-0.2, -0.15) is 0 Å². The number of pyridine rings is 1. The Morgan fingerprint density at radius 1 is 1.30 bits per heavy atom. The van der Waals surface area contributed by atoms with Gasteiger partial charge in [0.25, 0.3) is 5.91 Å². The summed E-state index contributed by atoms with van der Waals surface area (Å²) >= 11 is 5.81. The first-order valence-corrected chi connectivity index (χ1v) is 5.95. The maximum atomic E-state index is 13.8. The van der Waals surface area contributed by atoms with Gasteiger partial charge in [0.05, 0.1) is 5.69 Å². The number of nitrogens with zero attached hydrogens (tertiary/aromatic N) is 1. The van der Waals surface area contributed by atoms with Crippen molar-refractivity contribution in [2.75, 3.05) is 12.8 Å². The molecule has 2 rings (SSSR count). The van der Waals surface area contributed by atoms with Gasteiger partial charge in [-0.25, -0.2) is 13.8 Å². The summed E-state index contributed by atoms with van der Waals surface area (Å²) in [7, 11) is 1.41. The first-order chi connectivity index (χ1) is 9.43. The molecular weight excluding hydrogens is 288 g/mol. The number of aromatic nitrogens is 1. The molecule has 3 N–H and O–H groups in total. The monoisotopic (exact) mass is 297 g/mol. The number of carbonyl (C=O) groups is 1. The molecule has 104 valence electrons. The van der Waals surface area contributed by atoms with Gasteiger partial charge >= 0.3 is 0 Å². The van der Waals surface area contributed by atoms with Gasteiger partial charge in [-0.05, 0) is 18.2 Å². The summed E-state index contributed by atoms with van der Waals surface area (Å²) in [5.74, 6) is -2.06. The number of carbonyl (C=O) groups excluding carboxylic acids is 1. The van der Waals surface area contributed by atoms with Gasteiger partial charge in [0.1, 0.15) is 16.8 Å². The standard InChI is InChI=1S/C13H10ClF2N3O/c1-18-13(20)12-11(17)8(5-10(14)19-12)7-3-2-6(15)4-9(7)16/h2-5H,17H2,1H3,(H,18,20). The molecule has 7 heteroatoms. The number of hydrogen-bond donors (Lipinski definition) is 2. The van der Waals surface area contributed by atoms with Crippen molar-refractivity contribution in [3.8, 4) is 11.1 Å². The van der Waals surface area contributed by atoms with E-state index in [4.69, 9.17) is 17.3 Å². The number of nitrogen functional groups attached to an aromatic ring is 1. The van der Waals surface area contributed by atoms with E-state index in [9.17, 15) is 13.6 Å². The van der Waals surface area contributed by atoms with Crippen molar-refractivity contribution in [1.82, 2.24) is 10.3 Å². The maximum absolute atomic E-state index is 13.8. The van der Waals surface area contributed by atoms with Crippen LogP contribution in [0.2, 0.25) is 5.15 Å². The van der Waals surface area contributed by atoms with Crippen molar-refractivity contribution in [1.29, 1.82) is 0 Å². The molecule has 0 aliphatic carbocycles. The number of nitrogens with two attached hydrogens (primary N) is 1. The lowest BCUT2D eigenvalue weighted by Crippen LogP contribution is -2.21. The second-order valence-electron chi connectivity index (χ2n) is 3.96. The minimum atomic E-state index is -0.804. The third kappa shape index (κ3) is 2.55. The molecule has 0 aliphatic rings. The van der Waals surface area contributed by atoms with Crippen LogP contribution in [0.4, 0.5) is 14.5 Å². The normalized spacial score (nSPS) is 10.4. The molecule has 0 spiro atoms. The fourth-order valence-electron chi connectivity index (χ4n) is 1.75. The van der Waals surface area contributed by atoms with Crippen LogP contribution < -0.4 is 11.1 Å². The Morgan fingerprint density at radius 3 is 2.60 bits per heavy atom. The highest BCUT2D eigenvalue weighted by Crippen LogP contribution is 2.32. The van der Waals surface area contributed by atoms with Gasteiger partial charge in [-0.1, -0.05) is 11.6 Å². The Hall–Kier alpha value is -2.21. The van der Waals surface area contributed by atoms with Crippen molar-refractivity contribution >= 4 is 23.2 Å². The summed E-state index contributed by atoms with van der Waals surface area (Å²) in [5.41, 5.74) is 5.91. The van der Waals surface area contributed by atoms with Crippen molar-refractivity contribution in [2.45, 2.75) is 0 Å². The van der Waals surface area contributed by atoms with Crippen LogP contribution in [0.15, 0.2) is 24.3 Å². The summed E-state index contributed by atoms with van der Waals surface area (Å²) in [6.45, 7) is 0. The zero-order valence-corrected chi connectivity index (χ0v) is 11.1. The smallest absolute Gasteiger partial charge is 0.271 e. The Bertz CT molecular complexity index is 692. The van der Waals surface area contributed by atoms with Gasteiger partial charge in [0.2, 0.25) is 0 Å². The molecule has 0 aliphatic heterocycles. The highest BCUT2D eigenvalue weighted by molar-refractivity contribution is 6.30. The van der Waals surface area contributed by atoms with Crippen LogP contribution >= 0.6 is 11.6 Å². The van der Waals surface area contributed by atoms with Gasteiger partial charge < -0.3 is 11.1 Å². The first-order valence-electron chi connectivity index (χ1n) is 5.57. The highest BCUT2D eigenvalue weighted by Gasteiger charge is 2.18. The van der Waals surface area contributed by atoms with E-state index in [-0.39, 0.29) is 27.7 Å². The van der Waals surface area contributed by atoms with Gasteiger partial charge in [0.15, 0.2) is 5.69 Å². The molecule has 0 saturated heterocycles. The largest absolute Gasteiger partial charge is 0.396 e. The van der Waals surface area contributed by atoms with Crippen LogP contribution in [-0.2, 0) is 0 Å². The molecule has 1 aromatic carbocycles. The molecule has 0 bridgehead atoms. The molecule has 4 nitrogen and oxygen atoms in total. The predicted molar refractivity (Wildman–Crippen MR) is 72.4 cm³/mol. The quantitative estimate of drug-likeness (QED) is 0.837. The van der Waals surface area contributed by atoms with E-state index >= 15 is 0 Å². The van der Waals surface area contributed by atoms with Crippen molar-refractivity contribution in [3.63, 3.8) is 0 Å². The summed E-state index contributed by atoms with van der Waals surface area (Å²) in [4.78, 5) is 15.5. The first kappa shape index (κ1) is 14.2. The lowest BCUT2D eigenvalue weighted by Gasteiger charge is -2.11. The average molecular weight is 298 g/mol.